The van der Waals surface area contributed by atoms with E-state index in [0.29, 0.717) is 6.04 Å². The van der Waals surface area contributed by atoms with Crippen LogP contribution < -0.4 is 5.73 Å². The number of aryl methyl sites for hydroxylation is 1. The van der Waals surface area contributed by atoms with Crippen molar-refractivity contribution in [2.45, 2.75) is 25.3 Å². The molecule has 0 saturated carbocycles. The number of hydrogen-bond acceptors (Lipinski definition) is 2. The highest BCUT2D eigenvalue weighted by atomic mass is 15.2. The summed E-state index contributed by atoms with van der Waals surface area (Å²) in [5.74, 6) is 0. The van der Waals surface area contributed by atoms with Crippen LogP contribution in [0.25, 0.3) is 0 Å². The second-order valence-electron chi connectivity index (χ2n) is 4.36. The van der Waals surface area contributed by atoms with Gasteiger partial charge in [0.05, 0.1) is 0 Å². The highest BCUT2D eigenvalue weighted by molar-refractivity contribution is 5.54. The molecular formula is C12H16N2. The van der Waals surface area contributed by atoms with Crippen LogP contribution in [0.15, 0.2) is 18.2 Å². The van der Waals surface area contributed by atoms with Crippen LogP contribution in [-0.2, 0) is 6.42 Å². The summed E-state index contributed by atoms with van der Waals surface area (Å²) in [5, 5.41) is 0. The number of benzene rings is 1. The molecule has 0 aromatic heterocycles. The summed E-state index contributed by atoms with van der Waals surface area (Å²) in [6, 6.07) is 6.97. The first-order valence-corrected chi connectivity index (χ1v) is 5.47. The van der Waals surface area contributed by atoms with Crippen molar-refractivity contribution in [2.75, 3.05) is 18.8 Å². The second kappa shape index (κ2) is 2.99. The quantitative estimate of drug-likeness (QED) is 0.683. The number of fused-ring (bicyclic) bond motifs is 1. The Bertz CT molecular complexity index is 355. The van der Waals surface area contributed by atoms with Crippen molar-refractivity contribution in [1.82, 2.24) is 4.90 Å². The number of nitrogens with two attached hydrogens (primary N) is 1. The summed E-state index contributed by atoms with van der Waals surface area (Å²) in [6.45, 7) is 2.52. The van der Waals surface area contributed by atoms with E-state index in [1.54, 1.807) is 0 Å². The van der Waals surface area contributed by atoms with Crippen molar-refractivity contribution < 1.29 is 0 Å². The van der Waals surface area contributed by atoms with Crippen LogP contribution in [0.4, 0.5) is 5.69 Å². The van der Waals surface area contributed by atoms with Gasteiger partial charge in [-0.25, -0.2) is 0 Å². The number of likely N-dealkylation sites (tertiary alicyclic amines) is 1. The van der Waals surface area contributed by atoms with Crippen molar-refractivity contribution in [2.24, 2.45) is 0 Å². The lowest BCUT2D eigenvalue weighted by Gasteiger charge is -2.37. The number of rotatable bonds is 1. The topological polar surface area (TPSA) is 29.3 Å². The van der Waals surface area contributed by atoms with Gasteiger partial charge in [-0.15, -0.1) is 0 Å². The molecule has 1 saturated heterocycles. The fraction of sp³-hybridized carbons (Fsp3) is 0.500. The Balaban J connectivity index is 1.99. The SMILES string of the molecule is Nc1cccc2c1C(N1CCC1)CC2. The average molecular weight is 188 g/mol. The lowest BCUT2D eigenvalue weighted by Crippen LogP contribution is -2.39. The number of nitrogen functional groups attached to an aromatic ring is 1. The third-order valence-electron chi connectivity index (χ3n) is 3.58. The normalized spacial score (nSPS) is 25.9. The van der Waals surface area contributed by atoms with Crippen LogP contribution in [0.3, 0.4) is 0 Å². The molecule has 1 aliphatic heterocycles. The molecule has 1 atom stereocenters. The van der Waals surface area contributed by atoms with Gasteiger partial charge in [0, 0.05) is 11.7 Å². The fourth-order valence-corrected chi connectivity index (χ4v) is 2.71. The van der Waals surface area contributed by atoms with Gasteiger partial charge in [-0.05, 0) is 49.5 Å². The van der Waals surface area contributed by atoms with Gasteiger partial charge in [0.1, 0.15) is 0 Å². The maximum Gasteiger partial charge on any atom is 0.0374 e. The lowest BCUT2D eigenvalue weighted by atomic mass is 10.0. The van der Waals surface area contributed by atoms with E-state index in [9.17, 15) is 0 Å². The van der Waals surface area contributed by atoms with Crippen LogP contribution in [0.1, 0.15) is 30.0 Å². The summed E-state index contributed by atoms with van der Waals surface area (Å²) in [7, 11) is 0. The molecule has 14 heavy (non-hydrogen) atoms. The smallest absolute Gasteiger partial charge is 0.0374 e. The molecule has 0 spiro atoms. The van der Waals surface area contributed by atoms with E-state index in [4.69, 9.17) is 5.73 Å². The Morgan fingerprint density at radius 2 is 2.14 bits per heavy atom. The number of hydrogen-bond donors (Lipinski definition) is 1. The van der Waals surface area contributed by atoms with Gasteiger partial charge in [-0.2, -0.15) is 0 Å². The van der Waals surface area contributed by atoms with Gasteiger partial charge in [0.25, 0.3) is 0 Å². The van der Waals surface area contributed by atoms with Crippen LogP contribution >= 0.6 is 0 Å². The molecule has 3 rings (SSSR count). The molecule has 2 nitrogen and oxygen atoms in total. The molecule has 1 aromatic rings. The number of anilines is 1. The maximum atomic E-state index is 6.05. The molecule has 2 N–H and O–H groups in total. The molecule has 1 fully saturated rings. The molecule has 74 valence electrons. The standard InChI is InChI=1S/C12H16N2/c13-10-4-1-3-9-5-6-11(12(9)10)14-7-2-8-14/h1,3-4,11H,2,5-8,13H2. The van der Waals surface area contributed by atoms with Gasteiger partial charge in [-0.3, -0.25) is 4.90 Å². The highest BCUT2D eigenvalue weighted by Crippen LogP contribution is 2.40. The van der Waals surface area contributed by atoms with Crippen LogP contribution in [-0.4, -0.2) is 18.0 Å². The minimum atomic E-state index is 0.625. The molecule has 2 aliphatic rings. The third-order valence-corrected chi connectivity index (χ3v) is 3.58. The minimum Gasteiger partial charge on any atom is -0.398 e. The van der Waals surface area contributed by atoms with Gasteiger partial charge >= 0.3 is 0 Å². The van der Waals surface area contributed by atoms with Crippen molar-refractivity contribution in [3.63, 3.8) is 0 Å². The van der Waals surface area contributed by atoms with Crippen molar-refractivity contribution >= 4 is 5.69 Å². The second-order valence-corrected chi connectivity index (χ2v) is 4.36. The highest BCUT2D eigenvalue weighted by Gasteiger charge is 2.32. The van der Waals surface area contributed by atoms with Crippen molar-refractivity contribution in [3.05, 3.63) is 29.3 Å². The van der Waals surface area contributed by atoms with Gasteiger partial charge in [0.2, 0.25) is 0 Å². The molecule has 1 aliphatic carbocycles. The summed E-state index contributed by atoms with van der Waals surface area (Å²) in [5.41, 5.74) is 9.95. The van der Waals surface area contributed by atoms with Crippen LogP contribution in [0.2, 0.25) is 0 Å². The molecule has 1 unspecified atom stereocenters. The molecular weight excluding hydrogens is 172 g/mol. The van der Waals surface area contributed by atoms with E-state index in [1.807, 2.05) is 6.07 Å². The van der Waals surface area contributed by atoms with E-state index in [1.165, 1.54) is 43.5 Å². The van der Waals surface area contributed by atoms with Crippen molar-refractivity contribution in [1.29, 1.82) is 0 Å². The Labute approximate surface area is 84.7 Å². The van der Waals surface area contributed by atoms with Crippen molar-refractivity contribution in [3.8, 4) is 0 Å². The molecule has 1 heterocycles. The van der Waals surface area contributed by atoms with Crippen LogP contribution in [0, 0.1) is 0 Å². The van der Waals surface area contributed by atoms with Gasteiger partial charge < -0.3 is 5.73 Å². The molecule has 0 radical (unpaired) electrons. The molecule has 2 heteroatoms. The average Bonchev–Trinajstić information content (AvgIpc) is 2.47. The Hall–Kier alpha value is -1.02. The molecule has 0 amide bonds. The lowest BCUT2D eigenvalue weighted by molar-refractivity contribution is 0.118. The minimum absolute atomic E-state index is 0.625. The Morgan fingerprint density at radius 3 is 2.86 bits per heavy atom. The van der Waals surface area contributed by atoms with E-state index < -0.39 is 0 Å². The summed E-state index contributed by atoms with van der Waals surface area (Å²) in [4.78, 5) is 2.56. The third kappa shape index (κ3) is 1.07. The zero-order valence-corrected chi connectivity index (χ0v) is 8.37. The maximum absolute atomic E-state index is 6.05. The zero-order valence-electron chi connectivity index (χ0n) is 8.37. The molecule has 1 aromatic carbocycles. The Kier molecular flexibility index (Phi) is 1.77. The van der Waals surface area contributed by atoms with Crippen LogP contribution in [0.5, 0.6) is 0 Å². The predicted molar refractivity (Wildman–Crippen MR) is 58.1 cm³/mol. The summed E-state index contributed by atoms with van der Waals surface area (Å²) in [6.07, 6.45) is 3.84. The van der Waals surface area contributed by atoms with Gasteiger partial charge in [0.15, 0.2) is 0 Å². The first kappa shape index (κ1) is 8.30. The predicted octanol–water partition coefficient (Wildman–Crippen LogP) is 1.96. The largest absolute Gasteiger partial charge is 0.398 e. The summed E-state index contributed by atoms with van der Waals surface area (Å²) < 4.78 is 0. The zero-order chi connectivity index (χ0) is 9.54. The number of nitrogens with zero attached hydrogens (tertiary/aromatic N) is 1. The van der Waals surface area contributed by atoms with E-state index in [2.05, 4.69) is 17.0 Å². The van der Waals surface area contributed by atoms with E-state index in [0.717, 1.165) is 5.69 Å². The first-order valence-electron chi connectivity index (χ1n) is 5.47. The monoisotopic (exact) mass is 188 g/mol. The fourth-order valence-electron chi connectivity index (χ4n) is 2.71. The summed E-state index contributed by atoms with van der Waals surface area (Å²) >= 11 is 0. The molecule has 0 bridgehead atoms. The van der Waals surface area contributed by atoms with E-state index in [-0.39, 0.29) is 0 Å². The van der Waals surface area contributed by atoms with Gasteiger partial charge in [-0.1, -0.05) is 12.1 Å². The van der Waals surface area contributed by atoms with E-state index >= 15 is 0 Å². The first-order chi connectivity index (χ1) is 6.86. The Morgan fingerprint density at radius 1 is 1.29 bits per heavy atom.